The summed E-state index contributed by atoms with van der Waals surface area (Å²) in [4.78, 5) is 23.9. The van der Waals surface area contributed by atoms with Gasteiger partial charge in [0.15, 0.2) is 6.10 Å². The van der Waals surface area contributed by atoms with Crippen LogP contribution in [0.5, 0.6) is 11.5 Å². The number of esters is 1. The molecule has 126 valence electrons. The van der Waals surface area contributed by atoms with Crippen LogP contribution in [0, 0.1) is 0 Å². The van der Waals surface area contributed by atoms with Crippen molar-refractivity contribution in [3.05, 3.63) is 59.7 Å². The molecule has 1 atom stereocenters. The Morgan fingerprint density at radius 3 is 2.50 bits per heavy atom. The molecule has 0 aromatic heterocycles. The Balaban J connectivity index is 1.86. The molecule has 2 N–H and O–H groups in total. The first-order valence-electron chi connectivity index (χ1n) is 7.40. The van der Waals surface area contributed by atoms with Gasteiger partial charge in [-0.25, -0.2) is 4.79 Å². The Morgan fingerprint density at radius 1 is 1.17 bits per heavy atom. The van der Waals surface area contributed by atoms with Crippen LogP contribution in [0.15, 0.2) is 48.5 Å². The largest absolute Gasteiger partial charge is 0.508 e. The van der Waals surface area contributed by atoms with Gasteiger partial charge in [-0.15, -0.1) is 0 Å². The van der Waals surface area contributed by atoms with E-state index >= 15 is 0 Å². The lowest BCUT2D eigenvalue weighted by Crippen LogP contribution is -2.35. The highest BCUT2D eigenvalue weighted by Crippen LogP contribution is 2.13. The van der Waals surface area contributed by atoms with Gasteiger partial charge < -0.3 is 19.9 Å². The number of rotatable bonds is 6. The van der Waals surface area contributed by atoms with Crippen LogP contribution < -0.4 is 10.1 Å². The molecule has 6 heteroatoms. The minimum absolute atomic E-state index is 0.0407. The maximum absolute atomic E-state index is 12.0. The minimum Gasteiger partial charge on any atom is -0.508 e. The standard InChI is InChI=1S/C18H19NO5/c1-12(24-18(22)14-4-3-5-15(20)10-14)17(21)19-11-13-6-8-16(23-2)9-7-13/h3-10,12,20H,11H2,1-2H3,(H,19,21)/t12-/m1/s1. The lowest BCUT2D eigenvalue weighted by Gasteiger charge is -2.14. The Kier molecular flexibility index (Phi) is 5.78. The van der Waals surface area contributed by atoms with Gasteiger partial charge >= 0.3 is 5.97 Å². The second-order valence-corrected chi connectivity index (χ2v) is 5.16. The van der Waals surface area contributed by atoms with Crippen LogP contribution in [0.2, 0.25) is 0 Å². The van der Waals surface area contributed by atoms with Crippen LogP contribution in [-0.2, 0) is 16.1 Å². The normalized spacial score (nSPS) is 11.4. The fraction of sp³-hybridized carbons (Fsp3) is 0.222. The summed E-state index contributed by atoms with van der Waals surface area (Å²) in [6, 6.07) is 13.0. The third-order valence-corrected chi connectivity index (χ3v) is 3.36. The maximum Gasteiger partial charge on any atom is 0.339 e. The number of phenolic OH excluding ortho intramolecular Hbond substituents is 1. The molecule has 0 aliphatic heterocycles. The van der Waals surface area contributed by atoms with E-state index < -0.39 is 18.0 Å². The molecular weight excluding hydrogens is 310 g/mol. The summed E-state index contributed by atoms with van der Waals surface area (Å²) < 4.78 is 10.2. The topological polar surface area (TPSA) is 84.9 Å². The number of hydrogen-bond acceptors (Lipinski definition) is 5. The van der Waals surface area contributed by atoms with Gasteiger partial charge in [-0.2, -0.15) is 0 Å². The molecule has 2 rings (SSSR count). The van der Waals surface area contributed by atoms with Gasteiger partial charge in [0.05, 0.1) is 12.7 Å². The third kappa shape index (κ3) is 4.74. The molecule has 2 aromatic rings. The first-order valence-corrected chi connectivity index (χ1v) is 7.40. The van der Waals surface area contributed by atoms with E-state index in [1.807, 2.05) is 12.1 Å². The average Bonchev–Trinajstić information content (AvgIpc) is 2.60. The molecule has 0 radical (unpaired) electrons. The smallest absolute Gasteiger partial charge is 0.339 e. The predicted molar refractivity (Wildman–Crippen MR) is 87.8 cm³/mol. The van der Waals surface area contributed by atoms with Crippen molar-refractivity contribution in [1.29, 1.82) is 0 Å². The van der Waals surface area contributed by atoms with Gasteiger partial charge in [-0.1, -0.05) is 18.2 Å². The summed E-state index contributed by atoms with van der Waals surface area (Å²) in [5.74, 6) is -0.378. The molecule has 24 heavy (non-hydrogen) atoms. The lowest BCUT2D eigenvalue weighted by atomic mass is 10.2. The van der Waals surface area contributed by atoms with Crippen molar-refractivity contribution >= 4 is 11.9 Å². The molecule has 0 saturated carbocycles. The van der Waals surface area contributed by atoms with Crippen LogP contribution in [0.4, 0.5) is 0 Å². The number of methoxy groups -OCH3 is 1. The quantitative estimate of drug-likeness (QED) is 0.794. The number of ether oxygens (including phenoxy) is 2. The highest BCUT2D eigenvalue weighted by atomic mass is 16.5. The number of benzene rings is 2. The van der Waals surface area contributed by atoms with Crippen molar-refractivity contribution in [2.24, 2.45) is 0 Å². The van der Waals surface area contributed by atoms with E-state index in [-0.39, 0.29) is 11.3 Å². The van der Waals surface area contributed by atoms with Crippen LogP contribution >= 0.6 is 0 Å². The first-order chi connectivity index (χ1) is 11.5. The molecule has 0 fully saturated rings. The van der Waals surface area contributed by atoms with Gasteiger partial charge in [0.1, 0.15) is 11.5 Å². The number of hydrogen-bond donors (Lipinski definition) is 2. The predicted octanol–water partition coefficient (Wildman–Crippen LogP) is 2.26. The van der Waals surface area contributed by atoms with E-state index in [1.165, 1.54) is 31.2 Å². The van der Waals surface area contributed by atoms with Crippen LogP contribution in [0.3, 0.4) is 0 Å². The molecular formula is C18H19NO5. The number of aromatic hydroxyl groups is 1. The fourth-order valence-electron chi connectivity index (χ4n) is 1.99. The molecule has 0 heterocycles. The number of amides is 1. The summed E-state index contributed by atoms with van der Waals surface area (Å²) in [7, 11) is 1.58. The number of phenols is 1. The average molecular weight is 329 g/mol. The zero-order valence-corrected chi connectivity index (χ0v) is 13.5. The van der Waals surface area contributed by atoms with E-state index in [1.54, 1.807) is 19.2 Å². The Labute approximate surface area is 140 Å². The number of nitrogens with one attached hydrogen (secondary N) is 1. The summed E-state index contributed by atoms with van der Waals surface area (Å²) in [5.41, 5.74) is 1.08. The molecule has 6 nitrogen and oxygen atoms in total. The SMILES string of the molecule is COc1ccc(CNC(=O)[C@@H](C)OC(=O)c2cccc(O)c2)cc1. The summed E-state index contributed by atoms with van der Waals surface area (Å²) in [5, 5.41) is 12.1. The van der Waals surface area contributed by atoms with E-state index in [0.717, 1.165) is 11.3 Å². The van der Waals surface area contributed by atoms with Crippen molar-refractivity contribution < 1.29 is 24.2 Å². The molecule has 0 unspecified atom stereocenters. The molecule has 0 bridgehead atoms. The van der Waals surface area contributed by atoms with E-state index in [0.29, 0.717) is 6.54 Å². The second-order valence-electron chi connectivity index (χ2n) is 5.16. The summed E-state index contributed by atoms with van der Waals surface area (Å²) >= 11 is 0. The van der Waals surface area contributed by atoms with Gasteiger partial charge in [0.25, 0.3) is 5.91 Å². The van der Waals surface area contributed by atoms with Gasteiger partial charge in [-0.05, 0) is 42.8 Å². The fourth-order valence-corrected chi connectivity index (χ4v) is 1.99. The van der Waals surface area contributed by atoms with Crippen molar-refractivity contribution in [3.63, 3.8) is 0 Å². The van der Waals surface area contributed by atoms with Crippen molar-refractivity contribution in [2.45, 2.75) is 19.6 Å². The van der Waals surface area contributed by atoms with Gasteiger partial charge in [0.2, 0.25) is 0 Å². The lowest BCUT2D eigenvalue weighted by molar-refractivity contribution is -0.129. The number of carbonyl (C=O) groups excluding carboxylic acids is 2. The van der Waals surface area contributed by atoms with Crippen molar-refractivity contribution in [2.75, 3.05) is 7.11 Å². The molecule has 0 aliphatic carbocycles. The Bertz CT molecular complexity index is 712. The van der Waals surface area contributed by atoms with Crippen molar-refractivity contribution in [3.8, 4) is 11.5 Å². The van der Waals surface area contributed by atoms with Crippen LogP contribution in [0.1, 0.15) is 22.8 Å². The Hall–Kier alpha value is -3.02. The molecule has 0 spiro atoms. The highest BCUT2D eigenvalue weighted by molar-refractivity contribution is 5.92. The second kappa shape index (κ2) is 8.01. The van der Waals surface area contributed by atoms with Crippen molar-refractivity contribution in [1.82, 2.24) is 5.32 Å². The third-order valence-electron chi connectivity index (χ3n) is 3.36. The van der Waals surface area contributed by atoms with Crippen LogP contribution in [-0.4, -0.2) is 30.2 Å². The highest BCUT2D eigenvalue weighted by Gasteiger charge is 2.18. The summed E-state index contributed by atoms with van der Waals surface area (Å²) in [6.07, 6.45) is -0.946. The van der Waals surface area contributed by atoms with E-state index in [2.05, 4.69) is 5.32 Å². The Morgan fingerprint density at radius 2 is 1.88 bits per heavy atom. The molecule has 0 aliphatic rings. The first kappa shape index (κ1) is 17.3. The van der Waals surface area contributed by atoms with E-state index in [9.17, 15) is 14.7 Å². The zero-order valence-electron chi connectivity index (χ0n) is 13.5. The van der Waals surface area contributed by atoms with Crippen LogP contribution in [0.25, 0.3) is 0 Å². The molecule has 1 amide bonds. The van der Waals surface area contributed by atoms with E-state index in [4.69, 9.17) is 9.47 Å². The number of carbonyl (C=O) groups is 2. The zero-order chi connectivity index (χ0) is 17.5. The summed E-state index contributed by atoms with van der Waals surface area (Å²) in [6.45, 7) is 1.81. The molecule has 0 saturated heterocycles. The molecule has 2 aromatic carbocycles. The monoisotopic (exact) mass is 329 g/mol. The van der Waals surface area contributed by atoms with Gasteiger partial charge in [0, 0.05) is 6.54 Å². The maximum atomic E-state index is 12.0. The van der Waals surface area contributed by atoms with Gasteiger partial charge in [-0.3, -0.25) is 4.79 Å². The minimum atomic E-state index is -0.946.